The number of hydrogen-bond donors (Lipinski definition) is 3. The van der Waals surface area contributed by atoms with Gasteiger partial charge < -0.3 is 15.2 Å². The number of Topliss-reactive ketones (excluding diaryl/α,β-unsaturated/α-hetero) is 1. The molecule has 1 atom stereocenters. The molecule has 0 aliphatic rings. The van der Waals surface area contributed by atoms with Gasteiger partial charge in [-0.05, 0) is 53.0 Å². The van der Waals surface area contributed by atoms with Crippen molar-refractivity contribution in [2.24, 2.45) is 0 Å². The Kier molecular flexibility index (Phi) is 5.91. The van der Waals surface area contributed by atoms with Crippen molar-refractivity contribution >= 4 is 5.78 Å². The number of rotatable bonds is 5. The summed E-state index contributed by atoms with van der Waals surface area (Å²) in [5, 5.41) is 20.4. The topological polar surface area (TPSA) is 73.3 Å². The zero-order chi connectivity index (χ0) is 20.6. The van der Waals surface area contributed by atoms with E-state index >= 15 is 0 Å². The molecular weight excluding hydrogens is 338 g/mol. The fraction of sp³-hybridized carbons (Fsp3) is 0.522. The van der Waals surface area contributed by atoms with Crippen LogP contribution in [-0.4, -0.2) is 21.0 Å². The third-order valence-corrected chi connectivity index (χ3v) is 4.89. The number of ketones is 1. The Balaban J connectivity index is 2.28. The second-order valence-electron chi connectivity index (χ2n) is 9.47. The minimum Gasteiger partial charge on any atom is -0.507 e. The number of aliphatic hydroxyl groups is 1. The quantitative estimate of drug-likeness (QED) is 0.634. The molecule has 0 amide bonds. The first kappa shape index (κ1) is 21.2. The van der Waals surface area contributed by atoms with Crippen LogP contribution in [0.25, 0.3) is 0 Å². The molecule has 0 bridgehead atoms. The molecule has 4 nitrogen and oxygen atoms in total. The maximum Gasteiger partial charge on any atom is 0.179 e. The number of carbonyl (C=O) groups excluding carboxylic acids is 1. The van der Waals surface area contributed by atoms with Crippen LogP contribution >= 0.6 is 0 Å². The molecule has 1 aromatic heterocycles. The molecule has 0 spiro atoms. The van der Waals surface area contributed by atoms with E-state index in [-0.39, 0.29) is 16.6 Å². The molecule has 1 aromatic carbocycles. The second kappa shape index (κ2) is 7.51. The molecule has 0 aliphatic heterocycles. The lowest BCUT2D eigenvalue weighted by atomic mass is 9.78. The summed E-state index contributed by atoms with van der Waals surface area (Å²) in [5.74, 6) is 0.376. The van der Waals surface area contributed by atoms with Crippen molar-refractivity contribution in [1.29, 1.82) is 0 Å². The van der Waals surface area contributed by atoms with Gasteiger partial charge in [0.2, 0.25) is 0 Å². The van der Waals surface area contributed by atoms with E-state index in [0.717, 1.165) is 16.7 Å². The van der Waals surface area contributed by atoms with Crippen molar-refractivity contribution in [3.05, 3.63) is 52.3 Å². The Labute approximate surface area is 162 Å². The highest BCUT2D eigenvalue weighted by atomic mass is 16.3. The van der Waals surface area contributed by atoms with Gasteiger partial charge in [0.1, 0.15) is 5.75 Å². The monoisotopic (exact) mass is 371 g/mol. The molecule has 0 saturated heterocycles. The van der Waals surface area contributed by atoms with Crippen LogP contribution in [0.2, 0.25) is 0 Å². The zero-order valence-corrected chi connectivity index (χ0v) is 17.6. The molecule has 2 aromatic rings. The molecule has 148 valence electrons. The normalized spacial score (nSPS) is 13.6. The van der Waals surface area contributed by atoms with Gasteiger partial charge in [-0.25, -0.2) is 0 Å². The van der Waals surface area contributed by atoms with E-state index in [9.17, 15) is 15.0 Å². The van der Waals surface area contributed by atoms with Gasteiger partial charge >= 0.3 is 0 Å². The lowest BCUT2D eigenvalue weighted by Crippen LogP contribution is -2.18. The number of aromatic nitrogens is 1. The summed E-state index contributed by atoms with van der Waals surface area (Å²) in [6.07, 6.45) is 0.360. The molecule has 1 unspecified atom stereocenters. The molecule has 0 radical (unpaired) electrons. The van der Waals surface area contributed by atoms with E-state index in [4.69, 9.17) is 0 Å². The number of benzene rings is 1. The van der Waals surface area contributed by atoms with Crippen LogP contribution in [0, 0.1) is 0 Å². The predicted octanol–water partition coefficient (Wildman–Crippen LogP) is 5.18. The van der Waals surface area contributed by atoms with Crippen molar-refractivity contribution in [2.45, 2.75) is 78.2 Å². The van der Waals surface area contributed by atoms with Crippen LogP contribution in [-0.2, 0) is 17.3 Å². The summed E-state index contributed by atoms with van der Waals surface area (Å²) >= 11 is 0. The van der Waals surface area contributed by atoms with Crippen LogP contribution in [0.1, 0.15) is 93.9 Å². The lowest BCUT2D eigenvalue weighted by Gasteiger charge is -2.28. The Morgan fingerprint density at radius 1 is 1.04 bits per heavy atom. The molecule has 4 heteroatoms. The summed E-state index contributed by atoms with van der Waals surface area (Å²) < 4.78 is 0. The molecular formula is C23H33NO3. The Morgan fingerprint density at radius 3 is 1.96 bits per heavy atom. The number of nitrogens with one attached hydrogen (secondary N) is 1. The molecule has 3 N–H and O–H groups in total. The van der Waals surface area contributed by atoms with Gasteiger partial charge in [-0.3, -0.25) is 4.79 Å². The number of aromatic hydroxyl groups is 1. The van der Waals surface area contributed by atoms with Crippen molar-refractivity contribution in [1.82, 2.24) is 4.98 Å². The minimum absolute atomic E-state index is 0.0181. The summed E-state index contributed by atoms with van der Waals surface area (Å²) in [4.78, 5) is 15.5. The van der Waals surface area contributed by atoms with Gasteiger partial charge in [0.25, 0.3) is 0 Å². The molecule has 0 saturated carbocycles. The number of hydrogen-bond acceptors (Lipinski definition) is 3. The summed E-state index contributed by atoms with van der Waals surface area (Å²) in [6.45, 7) is 14.2. The fourth-order valence-electron chi connectivity index (χ4n) is 3.19. The van der Waals surface area contributed by atoms with Crippen LogP contribution < -0.4 is 0 Å². The SMILES string of the molecule is CC(O)c1ccc(C(=O)CCc2cc(C(C)(C)C)c(O)c(C(C)(C)C)c2)[nH]1. The van der Waals surface area contributed by atoms with E-state index in [1.165, 1.54) is 0 Å². The Morgan fingerprint density at radius 2 is 1.56 bits per heavy atom. The van der Waals surface area contributed by atoms with Gasteiger partial charge in [0.15, 0.2) is 5.78 Å². The van der Waals surface area contributed by atoms with Gasteiger partial charge in [-0.15, -0.1) is 0 Å². The highest BCUT2D eigenvalue weighted by Gasteiger charge is 2.26. The van der Waals surface area contributed by atoms with E-state index in [1.807, 2.05) is 12.1 Å². The maximum atomic E-state index is 12.5. The molecule has 0 fully saturated rings. The van der Waals surface area contributed by atoms with Crippen LogP contribution in [0.4, 0.5) is 0 Å². The van der Waals surface area contributed by atoms with E-state index in [1.54, 1.807) is 19.1 Å². The standard InChI is InChI=1S/C23H33NO3/c1-14(25)18-9-10-19(24-18)20(26)11-8-15-12-16(22(2,3)4)21(27)17(13-15)23(5,6)7/h9-10,12-14,24-25,27H,8,11H2,1-7H3. The molecule has 2 rings (SSSR count). The van der Waals surface area contributed by atoms with Crippen molar-refractivity contribution < 1.29 is 15.0 Å². The summed E-state index contributed by atoms with van der Waals surface area (Å²) in [7, 11) is 0. The van der Waals surface area contributed by atoms with Gasteiger partial charge in [0, 0.05) is 12.1 Å². The number of aliphatic hydroxyl groups excluding tert-OH is 1. The largest absolute Gasteiger partial charge is 0.507 e. The average molecular weight is 372 g/mol. The van der Waals surface area contributed by atoms with Crippen LogP contribution in [0.5, 0.6) is 5.75 Å². The van der Waals surface area contributed by atoms with Gasteiger partial charge in [-0.1, -0.05) is 53.7 Å². The molecule has 27 heavy (non-hydrogen) atoms. The Hall–Kier alpha value is -2.07. The van der Waals surface area contributed by atoms with Crippen LogP contribution in [0.3, 0.4) is 0 Å². The first-order valence-corrected chi connectivity index (χ1v) is 9.57. The smallest absolute Gasteiger partial charge is 0.179 e. The maximum absolute atomic E-state index is 12.5. The van der Waals surface area contributed by atoms with Gasteiger partial charge in [-0.2, -0.15) is 0 Å². The number of aromatic amines is 1. The highest BCUT2D eigenvalue weighted by Crippen LogP contribution is 2.40. The number of aryl methyl sites for hydroxylation is 1. The van der Waals surface area contributed by atoms with E-state index in [0.29, 0.717) is 30.0 Å². The minimum atomic E-state index is -0.618. The van der Waals surface area contributed by atoms with E-state index in [2.05, 4.69) is 46.5 Å². The van der Waals surface area contributed by atoms with Crippen molar-refractivity contribution in [3.63, 3.8) is 0 Å². The predicted molar refractivity (Wildman–Crippen MR) is 110 cm³/mol. The summed E-state index contributed by atoms with van der Waals surface area (Å²) in [6, 6.07) is 7.51. The highest BCUT2D eigenvalue weighted by molar-refractivity contribution is 5.94. The van der Waals surface area contributed by atoms with E-state index < -0.39 is 6.10 Å². The number of phenolic OH excluding ortho intramolecular Hbond substituents is 1. The second-order valence-corrected chi connectivity index (χ2v) is 9.47. The van der Waals surface area contributed by atoms with Crippen molar-refractivity contribution in [2.75, 3.05) is 0 Å². The molecule has 1 heterocycles. The van der Waals surface area contributed by atoms with Crippen molar-refractivity contribution in [3.8, 4) is 5.75 Å². The third-order valence-electron chi connectivity index (χ3n) is 4.89. The van der Waals surface area contributed by atoms with Gasteiger partial charge in [0.05, 0.1) is 11.8 Å². The lowest BCUT2D eigenvalue weighted by molar-refractivity contribution is 0.0978. The zero-order valence-electron chi connectivity index (χ0n) is 17.6. The fourth-order valence-corrected chi connectivity index (χ4v) is 3.19. The first-order valence-electron chi connectivity index (χ1n) is 9.57. The average Bonchev–Trinajstić information content (AvgIpc) is 3.01. The number of carbonyl (C=O) groups is 1. The number of H-pyrrole nitrogens is 1. The number of phenols is 1. The molecule has 0 aliphatic carbocycles. The Bertz CT molecular complexity index is 782. The summed E-state index contributed by atoms with van der Waals surface area (Å²) in [5.41, 5.74) is 3.68. The third kappa shape index (κ3) is 5.01. The van der Waals surface area contributed by atoms with Crippen LogP contribution in [0.15, 0.2) is 24.3 Å². The first-order chi connectivity index (χ1) is 12.3.